The van der Waals surface area contributed by atoms with E-state index in [0.717, 1.165) is 17.7 Å². The van der Waals surface area contributed by atoms with Crippen molar-refractivity contribution in [2.75, 3.05) is 5.75 Å². The third kappa shape index (κ3) is 4.75. The molecule has 4 heteroatoms. The second kappa shape index (κ2) is 7.01. The van der Waals surface area contributed by atoms with E-state index in [1.807, 2.05) is 19.1 Å². The molecule has 0 aromatic heterocycles. The number of benzene rings is 1. The van der Waals surface area contributed by atoms with Crippen molar-refractivity contribution >= 4 is 28.9 Å². The van der Waals surface area contributed by atoms with E-state index < -0.39 is 5.97 Å². The summed E-state index contributed by atoms with van der Waals surface area (Å²) in [5, 5.41) is 9.15. The lowest BCUT2D eigenvalue weighted by atomic mass is 10.0. The lowest BCUT2D eigenvalue weighted by Gasteiger charge is -2.02. The smallest absolute Gasteiger partial charge is 0.336 e. The number of hydrogen-bond acceptors (Lipinski definition) is 3. The third-order valence-corrected chi connectivity index (χ3v) is 3.17. The van der Waals surface area contributed by atoms with Crippen molar-refractivity contribution in [3.05, 3.63) is 41.0 Å². The summed E-state index contributed by atoms with van der Waals surface area (Å²) >= 11 is 1.27. The van der Waals surface area contributed by atoms with Crippen LogP contribution in [0.2, 0.25) is 0 Å². The van der Waals surface area contributed by atoms with Crippen LogP contribution in [0.3, 0.4) is 0 Å². The molecule has 0 atom stereocenters. The zero-order chi connectivity index (χ0) is 13.5. The van der Waals surface area contributed by atoms with E-state index >= 15 is 0 Å². The van der Waals surface area contributed by atoms with Crippen molar-refractivity contribution in [1.29, 1.82) is 0 Å². The molecule has 0 heterocycles. The van der Waals surface area contributed by atoms with Gasteiger partial charge in [0.05, 0.1) is 5.56 Å². The maximum absolute atomic E-state index is 11.0. The van der Waals surface area contributed by atoms with Crippen LogP contribution < -0.4 is 0 Å². The van der Waals surface area contributed by atoms with Gasteiger partial charge in [-0.2, -0.15) is 0 Å². The summed E-state index contributed by atoms with van der Waals surface area (Å²) in [7, 11) is 0. The normalized spacial score (nSPS) is 10.8. The predicted molar refractivity (Wildman–Crippen MR) is 74.9 cm³/mol. The fourth-order valence-electron chi connectivity index (χ4n) is 1.50. The first kappa shape index (κ1) is 14.5. The molecule has 1 N–H and O–H groups in total. The molecule has 0 amide bonds. The number of aromatic carboxylic acids is 1. The maximum atomic E-state index is 11.0. The first-order valence-electron chi connectivity index (χ1n) is 5.64. The van der Waals surface area contributed by atoms with Gasteiger partial charge in [0.2, 0.25) is 0 Å². The number of thioether (sulfide) groups is 1. The standard InChI is InChI=1S/C14H16O3S/c1-10-6-7-13(14(16)17)12(9-10)5-3-4-8-18-11(2)15/h3,5-7,9H,4,8H2,1-2H3,(H,16,17). The molecule has 3 nitrogen and oxygen atoms in total. The fraction of sp³-hybridized carbons (Fsp3) is 0.286. The highest BCUT2D eigenvalue weighted by molar-refractivity contribution is 8.13. The van der Waals surface area contributed by atoms with Crippen LogP contribution in [0.15, 0.2) is 24.3 Å². The van der Waals surface area contributed by atoms with Crippen molar-refractivity contribution in [2.45, 2.75) is 20.3 Å². The Morgan fingerprint density at radius 2 is 2.11 bits per heavy atom. The molecule has 18 heavy (non-hydrogen) atoms. The minimum Gasteiger partial charge on any atom is -0.478 e. The van der Waals surface area contributed by atoms with Crippen molar-refractivity contribution in [3.8, 4) is 0 Å². The number of aryl methyl sites for hydroxylation is 1. The number of hydrogen-bond donors (Lipinski definition) is 1. The summed E-state index contributed by atoms with van der Waals surface area (Å²) in [5.74, 6) is -0.201. The van der Waals surface area contributed by atoms with Gasteiger partial charge in [0.1, 0.15) is 0 Å². The van der Waals surface area contributed by atoms with Gasteiger partial charge in [0.15, 0.2) is 5.12 Å². The van der Waals surface area contributed by atoms with Crippen LogP contribution in [0.1, 0.15) is 34.8 Å². The highest BCUT2D eigenvalue weighted by Crippen LogP contribution is 2.14. The summed E-state index contributed by atoms with van der Waals surface area (Å²) < 4.78 is 0. The first-order chi connectivity index (χ1) is 8.50. The zero-order valence-electron chi connectivity index (χ0n) is 10.5. The largest absolute Gasteiger partial charge is 0.478 e. The van der Waals surface area contributed by atoms with Crippen molar-refractivity contribution in [1.82, 2.24) is 0 Å². The average molecular weight is 264 g/mol. The van der Waals surface area contributed by atoms with Gasteiger partial charge < -0.3 is 5.11 Å². The Morgan fingerprint density at radius 3 is 2.72 bits per heavy atom. The van der Waals surface area contributed by atoms with Crippen molar-refractivity contribution in [2.24, 2.45) is 0 Å². The zero-order valence-corrected chi connectivity index (χ0v) is 11.3. The Balaban J connectivity index is 2.70. The number of carboxylic acids is 1. The molecule has 96 valence electrons. The Labute approximate surface area is 111 Å². The number of carboxylic acid groups (broad SMARTS) is 1. The van der Waals surface area contributed by atoms with Crippen molar-refractivity contribution in [3.63, 3.8) is 0 Å². The fourth-order valence-corrected chi connectivity index (χ4v) is 2.04. The second-order valence-electron chi connectivity index (χ2n) is 3.93. The molecule has 1 aromatic carbocycles. The molecule has 0 aliphatic carbocycles. The lowest BCUT2D eigenvalue weighted by Crippen LogP contribution is -1.99. The third-order valence-electron chi connectivity index (χ3n) is 2.32. The van der Waals surface area contributed by atoms with Gasteiger partial charge >= 0.3 is 5.97 Å². The van der Waals surface area contributed by atoms with Gasteiger partial charge in [-0.1, -0.05) is 41.6 Å². The minimum atomic E-state index is -0.923. The molecule has 0 aliphatic rings. The highest BCUT2D eigenvalue weighted by atomic mass is 32.2. The Kier molecular flexibility index (Phi) is 5.65. The van der Waals surface area contributed by atoms with Crippen LogP contribution in [0.25, 0.3) is 6.08 Å². The number of carbonyl (C=O) groups is 2. The molecule has 0 bridgehead atoms. The van der Waals surface area contributed by atoms with Crippen molar-refractivity contribution < 1.29 is 14.7 Å². The highest BCUT2D eigenvalue weighted by Gasteiger charge is 2.07. The first-order valence-corrected chi connectivity index (χ1v) is 6.63. The molecular weight excluding hydrogens is 248 g/mol. The van der Waals surface area contributed by atoms with Crippen LogP contribution in [-0.2, 0) is 4.79 Å². The van der Waals surface area contributed by atoms with Gasteiger partial charge in [-0.05, 0) is 25.0 Å². The summed E-state index contributed by atoms with van der Waals surface area (Å²) in [6.45, 7) is 3.46. The Morgan fingerprint density at radius 1 is 1.39 bits per heavy atom. The quantitative estimate of drug-likeness (QED) is 0.828. The van der Waals surface area contributed by atoms with Crippen LogP contribution in [-0.4, -0.2) is 21.9 Å². The van der Waals surface area contributed by atoms with Crippen LogP contribution >= 0.6 is 11.8 Å². The maximum Gasteiger partial charge on any atom is 0.336 e. The summed E-state index contributed by atoms with van der Waals surface area (Å²) in [6, 6.07) is 5.24. The topological polar surface area (TPSA) is 54.4 Å². The van der Waals surface area contributed by atoms with E-state index in [0.29, 0.717) is 11.1 Å². The van der Waals surface area contributed by atoms with Gasteiger partial charge in [-0.25, -0.2) is 4.79 Å². The van der Waals surface area contributed by atoms with Gasteiger partial charge in [0.25, 0.3) is 0 Å². The minimum absolute atomic E-state index is 0.102. The average Bonchev–Trinajstić information content (AvgIpc) is 2.27. The van der Waals surface area contributed by atoms with Crippen LogP contribution in [0, 0.1) is 6.92 Å². The van der Waals surface area contributed by atoms with Crippen LogP contribution in [0.5, 0.6) is 0 Å². The molecule has 0 fully saturated rings. The van der Waals surface area contributed by atoms with Gasteiger partial charge in [-0.15, -0.1) is 0 Å². The van der Waals surface area contributed by atoms with E-state index in [4.69, 9.17) is 5.11 Å². The molecule has 1 rings (SSSR count). The molecule has 0 saturated carbocycles. The predicted octanol–water partition coefficient (Wildman–Crippen LogP) is 3.38. The molecule has 0 spiro atoms. The Hall–Kier alpha value is -1.55. The molecular formula is C14H16O3S. The number of allylic oxidation sites excluding steroid dienone is 1. The molecule has 0 saturated heterocycles. The summed E-state index contributed by atoms with van der Waals surface area (Å²) in [5.41, 5.74) is 2.03. The SMILES string of the molecule is CC(=O)SCCC=Cc1cc(C)ccc1C(=O)O. The second-order valence-corrected chi connectivity index (χ2v) is 5.20. The van der Waals surface area contributed by atoms with E-state index in [9.17, 15) is 9.59 Å². The van der Waals surface area contributed by atoms with E-state index in [2.05, 4.69) is 0 Å². The molecule has 0 aliphatic heterocycles. The number of rotatable bonds is 5. The molecule has 1 aromatic rings. The van der Waals surface area contributed by atoms with Gasteiger partial charge in [0, 0.05) is 12.7 Å². The summed E-state index contributed by atoms with van der Waals surface area (Å²) in [4.78, 5) is 21.8. The van der Waals surface area contributed by atoms with Gasteiger partial charge in [-0.3, -0.25) is 4.79 Å². The lowest BCUT2D eigenvalue weighted by molar-refractivity contribution is -0.109. The molecule has 0 unspecified atom stereocenters. The van der Waals surface area contributed by atoms with E-state index in [1.54, 1.807) is 18.2 Å². The van der Waals surface area contributed by atoms with E-state index in [-0.39, 0.29) is 5.12 Å². The van der Waals surface area contributed by atoms with Crippen LogP contribution in [0.4, 0.5) is 0 Å². The summed E-state index contributed by atoms with van der Waals surface area (Å²) in [6.07, 6.45) is 4.45. The number of carbonyl (C=O) groups excluding carboxylic acids is 1. The van der Waals surface area contributed by atoms with E-state index in [1.165, 1.54) is 18.7 Å². The monoisotopic (exact) mass is 264 g/mol. The molecule has 0 radical (unpaired) electrons. The Bertz CT molecular complexity index is 478.